The number of rotatable bonds is 5. The van der Waals surface area contributed by atoms with Gasteiger partial charge in [-0.25, -0.2) is 0 Å². The van der Waals surface area contributed by atoms with Gasteiger partial charge >= 0.3 is 0 Å². The van der Waals surface area contributed by atoms with Gasteiger partial charge in [0.15, 0.2) is 11.7 Å². The highest BCUT2D eigenvalue weighted by Crippen LogP contribution is 2.51. The van der Waals surface area contributed by atoms with Gasteiger partial charge in [-0.15, -0.1) is 0 Å². The molecule has 1 amide bonds. The van der Waals surface area contributed by atoms with Crippen LogP contribution in [0, 0.1) is 24.2 Å². The molecule has 6 nitrogen and oxygen atoms in total. The predicted octanol–water partition coefficient (Wildman–Crippen LogP) is 4.32. The molecular weight excluding hydrogens is 440 g/mol. The number of aryl methyl sites for hydroxylation is 1. The Morgan fingerprint density at radius 3 is 2.40 bits per heavy atom. The van der Waals surface area contributed by atoms with Gasteiger partial charge in [0.25, 0.3) is 0 Å². The van der Waals surface area contributed by atoms with Crippen LogP contribution in [0.15, 0.2) is 84.4 Å². The van der Waals surface area contributed by atoms with Crippen molar-refractivity contribution >= 4 is 23.5 Å². The quantitative estimate of drug-likeness (QED) is 0.548. The Hall–Kier alpha value is -4.05. The number of aliphatic hydroxyl groups is 1. The highest BCUT2D eigenvalue weighted by molar-refractivity contribution is 6.11. The topological polar surface area (TPSA) is 99.4 Å². The molecule has 0 aromatic heterocycles. The van der Waals surface area contributed by atoms with Crippen molar-refractivity contribution in [2.24, 2.45) is 5.92 Å². The second kappa shape index (κ2) is 9.30. The molecule has 1 aliphatic heterocycles. The summed E-state index contributed by atoms with van der Waals surface area (Å²) in [6, 6.07) is 26.0. The Morgan fingerprint density at radius 2 is 1.71 bits per heavy atom. The molecule has 3 aromatic rings. The van der Waals surface area contributed by atoms with Crippen molar-refractivity contribution in [3.8, 4) is 6.07 Å². The number of anilines is 1. The lowest BCUT2D eigenvalue weighted by atomic mass is 9.78. The molecule has 2 N–H and O–H groups in total. The highest BCUT2D eigenvalue weighted by atomic mass is 16.5. The van der Waals surface area contributed by atoms with E-state index in [-0.39, 0.29) is 5.92 Å². The number of carbonyl (C=O) groups is 2. The van der Waals surface area contributed by atoms with Crippen LogP contribution in [0.5, 0.6) is 0 Å². The van der Waals surface area contributed by atoms with E-state index in [0.717, 1.165) is 22.3 Å². The van der Waals surface area contributed by atoms with Gasteiger partial charge in [0.1, 0.15) is 12.2 Å². The van der Waals surface area contributed by atoms with E-state index in [2.05, 4.69) is 5.32 Å². The molecule has 5 unspecified atom stereocenters. The second-order valence-corrected chi connectivity index (χ2v) is 8.91. The number of nitrogens with zero attached hydrogens (tertiary/aromatic N) is 1. The number of nitriles is 1. The SMILES string of the molecule is Cc1ccc2c(c1)C=C1C(O)C(C(=O)C(C#N)C(=O)Nc3ccccc3)OC(c3ccccc3)C12. The number of benzene rings is 3. The minimum atomic E-state index is -1.63. The van der Waals surface area contributed by atoms with Crippen molar-refractivity contribution in [1.29, 1.82) is 5.26 Å². The van der Waals surface area contributed by atoms with Crippen LogP contribution in [0.2, 0.25) is 0 Å². The fourth-order valence-electron chi connectivity index (χ4n) is 4.93. The van der Waals surface area contributed by atoms with Crippen LogP contribution in [0.25, 0.3) is 6.08 Å². The lowest BCUT2D eigenvalue weighted by Gasteiger charge is -2.40. The average Bonchev–Trinajstić information content (AvgIpc) is 3.25. The molecule has 1 saturated heterocycles. The van der Waals surface area contributed by atoms with E-state index < -0.39 is 35.9 Å². The first kappa shape index (κ1) is 22.7. The summed E-state index contributed by atoms with van der Waals surface area (Å²) in [5.74, 6) is -3.42. The van der Waals surface area contributed by atoms with Crippen molar-refractivity contribution in [2.45, 2.75) is 31.2 Å². The van der Waals surface area contributed by atoms with Crippen molar-refractivity contribution in [2.75, 3.05) is 5.32 Å². The highest BCUT2D eigenvalue weighted by Gasteiger charge is 2.50. The van der Waals surface area contributed by atoms with E-state index >= 15 is 0 Å². The number of hydrogen-bond acceptors (Lipinski definition) is 5. The van der Waals surface area contributed by atoms with Gasteiger partial charge in [0, 0.05) is 11.6 Å². The molecule has 0 spiro atoms. The summed E-state index contributed by atoms with van der Waals surface area (Å²) in [5, 5.41) is 23.6. The first-order valence-corrected chi connectivity index (χ1v) is 11.5. The normalized spacial score (nSPS) is 23.3. The van der Waals surface area contributed by atoms with Crippen molar-refractivity contribution < 1.29 is 19.4 Å². The van der Waals surface area contributed by atoms with Gasteiger partial charge in [-0.3, -0.25) is 9.59 Å². The standard InChI is InChI=1S/C29H24N2O4/c1-17-12-13-21-19(14-17)15-22-24(21)27(18-8-4-2-5-9-18)35-28(25(22)32)26(33)23(16-30)29(34)31-20-10-6-3-7-11-20/h2-15,23-25,27-28,32H,1H3,(H,31,34). The third-order valence-corrected chi connectivity index (χ3v) is 6.61. The number of carbonyl (C=O) groups excluding carboxylic acids is 2. The van der Waals surface area contributed by atoms with Crippen LogP contribution in [-0.4, -0.2) is 29.0 Å². The average molecular weight is 465 g/mol. The molecule has 0 saturated carbocycles. The predicted molar refractivity (Wildman–Crippen MR) is 131 cm³/mol. The second-order valence-electron chi connectivity index (χ2n) is 8.91. The zero-order chi connectivity index (χ0) is 24.5. The smallest absolute Gasteiger partial charge is 0.249 e. The number of nitrogens with one attached hydrogen (secondary N) is 1. The maximum atomic E-state index is 13.5. The number of aliphatic hydroxyl groups excluding tert-OH is 1. The summed E-state index contributed by atoms with van der Waals surface area (Å²) in [7, 11) is 0. The van der Waals surface area contributed by atoms with E-state index in [0.29, 0.717) is 11.3 Å². The van der Waals surface area contributed by atoms with E-state index in [4.69, 9.17) is 4.74 Å². The summed E-state index contributed by atoms with van der Waals surface area (Å²) in [5.41, 5.74) is 5.05. The minimum absolute atomic E-state index is 0.272. The first-order chi connectivity index (χ1) is 17.0. The fourth-order valence-corrected chi connectivity index (χ4v) is 4.93. The van der Waals surface area contributed by atoms with Crippen LogP contribution in [-0.2, 0) is 14.3 Å². The Morgan fingerprint density at radius 1 is 1.03 bits per heavy atom. The lowest BCUT2D eigenvalue weighted by molar-refractivity contribution is -0.154. The van der Waals surface area contributed by atoms with Crippen molar-refractivity contribution in [1.82, 2.24) is 0 Å². The van der Waals surface area contributed by atoms with E-state index in [1.54, 1.807) is 36.4 Å². The molecular formula is C29H24N2O4. The molecule has 1 heterocycles. The van der Waals surface area contributed by atoms with Gasteiger partial charge in [-0.2, -0.15) is 5.26 Å². The van der Waals surface area contributed by atoms with Crippen LogP contribution in [0.1, 0.15) is 34.3 Å². The van der Waals surface area contributed by atoms with Gasteiger partial charge in [-0.1, -0.05) is 78.4 Å². The van der Waals surface area contributed by atoms with E-state index in [1.165, 1.54) is 0 Å². The number of para-hydroxylation sites is 1. The van der Waals surface area contributed by atoms with Gasteiger partial charge in [0.2, 0.25) is 5.91 Å². The van der Waals surface area contributed by atoms with Crippen LogP contribution in [0.4, 0.5) is 5.69 Å². The lowest BCUT2D eigenvalue weighted by Crippen LogP contribution is -2.49. The summed E-state index contributed by atoms with van der Waals surface area (Å²) >= 11 is 0. The maximum Gasteiger partial charge on any atom is 0.249 e. The summed E-state index contributed by atoms with van der Waals surface area (Å²) < 4.78 is 6.26. The summed E-state index contributed by atoms with van der Waals surface area (Å²) in [6.45, 7) is 2.00. The largest absolute Gasteiger partial charge is 0.386 e. The number of Topliss-reactive ketones (excluding diaryl/α,β-unsaturated/α-hetero) is 1. The molecule has 35 heavy (non-hydrogen) atoms. The van der Waals surface area contributed by atoms with Crippen molar-refractivity contribution in [3.63, 3.8) is 0 Å². The van der Waals surface area contributed by atoms with Crippen LogP contribution < -0.4 is 5.32 Å². The molecule has 1 aliphatic carbocycles. The Balaban J connectivity index is 1.49. The van der Waals surface area contributed by atoms with Gasteiger partial charge in [0.05, 0.1) is 12.2 Å². The summed E-state index contributed by atoms with van der Waals surface area (Å²) in [4.78, 5) is 26.3. The maximum absolute atomic E-state index is 13.5. The van der Waals surface area contributed by atoms with Crippen molar-refractivity contribution in [3.05, 3.63) is 107 Å². The number of hydrogen-bond donors (Lipinski definition) is 2. The molecule has 5 atom stereocenters. The first-order valence-electron chi connectivity index (χ1n) is 11.5. The number of fused-ring (bicyclic) bond motifs is 3. The molecule has 174 valence electrons. The molecule has 5 rings (SSSR count). The third kappa shape index (κ3) is 4.17. The fraction of sp³-hybridized carbons (Fsp3) is 0.207. The monoisotopic (exact) mass is 464 g/mol. The van der Waals surface area contributed by atoms with Crippen LogP contribution >= 0.6 is 0 Å². The third-order valence-electron chi connectivity index (χ3n) is 6.61. The van der Waals surface area contributed by atoms with Gasteiger partial charge < -0.3 is 15.2 Å². The Kier molecular flexibility index (Phi) is 6.04. The van der Waals surface area contributed by atoms with Gasteiger partial charge in [-0.05, 0) is 41.3 Å². The minimum Gasteiger partial charge on any atom is -0.386 e. The number of ether oxygens (including phenoxy) is 1. The molecule has 6 heteroatoms. The number of amides is 1. The Bertz CT molecular complexity index is 1340. The zero-order valence-corrected chi connectivity index (χ0v) is 19.1. The molecule has 1 fully saturated rings. The molecule has 2 aliphatic rings. The molecule has 0 radical (unpaired) electrons. The Labute approximate surface area is 203 Å². The zero-order valence-electron chi connectivity index (χ0n) is 19.1. The van der Waals surface area contributed by atoms with Crippen LogP contribution in [0.3, 0.4) is 0 Å². The summed E-state index contributed by atoms with van der Waals surface area (Å²) in [6.07, 6.45) is -1.29. The van der Waals surface area contributed by atoms with E-state index in [1.807, 2.05) is 61.5 Å². The van der Waals surface area contributed by atoms with E-state index in [9.17, 15) is 20.0 Å². The molecule has 3 aromatic carbocycles. The molecule has 0 bridgehead atoms. The number of ketones is 1.